The topological polar surface area (TPSA) is 71.1 Å². The van der Waals surface area contributed by atoms with Crippen LogP contribution in [-0.2, 0) is 22.7 Å². The molecule has 4 aromatic carbocycles. The summed E-state index contributed by atoms with van der Waals surface area (Å²) in [6.07, 6.45) is 0.573. The van der Waals surface area contributed by atoms with Crippen molar-refractivity contribution in [3.63, 3.8) is 0 Å². The van der Waals surface area contributed by atoms with Crippen molar-refractivity contribution in [2.75, 3.05) is 13.2 Å². The molecule has 0 fully saturated rings. The van der Waals surface area contributed by atoms with Crippen LogP contribution in [0.3, 0.4) is 0 Å². The predicted molar refractivity (Wildman–Crippen MR) is 149 cm³/mol. The van der Waals surface area contributed by atoms with Gasteiger partial charge in [-0.25, -0.2) is 9.59 Å². The van der Waals surface area contributed by atoms with Crippen molar-refractivity contribution in [1.29, 1.82) is 0 Å². The van der Waals surface area contributed by atoms with E-state index in [-0.39, 0.29) is 19.1 Å². The van der Waals surface area contributed by atoms with Gasteiger partial charge in [-0.3, -0.25) is 0 Å². The molecule has 4 aromatic rings. The minimum Gasteiger partial charge on any atom is -0.489 e. The van der Waals surface area contributed by atoms with Gasteiger partial charge in [0.25, 0.3) is 0 Å². The van der Waals surface area contributed by atoms with Gasteiger partial charge in [0, 0.05) is 0 Å². The lowest BCUT2D eigenvalue weighted by Crippen LogP contribution is -2.15. The number of ether oxygens (including phenoxy) is 4. The Morgan fingerprint density at radius 3 is 1.49 bits per heavy atom. The van der Waals surface area contributed by atoms with Crippen LogP contribution in [-0.4, -0.2) is 25.2 Å². The average Bonchev–Trinajstić information content (AvgIpc) is 2.99. The van der Waals surface area contributed by atoms with E-state index in [0.717, 1.165) is 11.1 Å². The lowest BCUT2D eigenvalue weighted by molar-refractivity contribution is 0.0367. The summed E-state index contributed by atoms with van der Waals surface area (Å²) in [5.74, 6) is 0.593. The highest BCUT2D eigenvalue weighted by atomic mass is 16.5. The van der Waals surface area contributed by atoms with Crippen molar-refractivity contribution in [3.8, 4) is 11.5 Å². The number of carbonyl (C=O) groups is 2. The predicted octanol–water partition coefficient (Wildman–Crippen LogP) is 6.88. The first-order chi connectivity index (χ1) is 19.1. The second kappa shape index (κ2) is 14.4. The van der Waals surface area contributed by atoms with Gasteiger partial charge < -0.3 is 18.9 Å². The van der Waals surface area contributed by atoms with Crippen molar-refractivity contribution in [3.05, 3.63) is 131 Å². The zero-order chi connectivity index (χ0) is 27.3. The van der Waals surface area contributed by atoms with Crippen LogP contribution in [0.1, 0.15) is 45.2 Å². The fourth-order valence-corrected chi connectivity index (χ4v) is 3.68. The minimum atomic E-state index is -0.400. The van der Waals surface area contributed by atoms with E-state index in [1.807, 2.05) is 67.6 Å². The first-order valence-electron chi connectivity index (χ1n) is 12.9. The van der Waals surface area contributed by atoms with Gasteiger partial charge in [-0.1, -0.05) is 67.6 Å². The third-order valence-electron chi connectivity index (χ3n) is 6.02. The quantitative estimate of drug-likeness (QED) is 0.178. The Bertz CT molecular complexity index is 1300. The summed E-state index contributed by atoms with van der Waals surface area (Å²) in [4.78, 5) is 24.8. The SMILES string of the molecule is C[C@H](CCOC(=O)c1ccc(OCc2ccccc2)cc1)COC(=O)c1ccc(OCc2ccccc2)cc1. The maximum atomic E-state index is 12.4. The molecule has 6 nitrogen and oxygen atoms in total. The maximum absolute atomic E-state index is 12.4. The molecule has 0 aliphatic carbocycles. The number of hydrogen-bond acceptors (Lipinski definition) is 6. The van der Waals surface area contributed by atoms with E-state index in [0.29, 0.717) is 42.3 Å². The largest absolute Gasteiger partial charge is 0.489 e. The highest BCUT2D eigenvalue weighted by molar-refractivity contribution is 5.90. The normalized spacial score (nSPS) is 11.3. The zero-order valence-electron chi connectivity index (χ0n) is 22.0. The molecule has 0 N–H and O–H groups in total. The summed E-state index contributed by atoms with van der Waals surface area (Å²) in [5, 5.41) is 0. The Hall–Kier alpha value is -4.58. The molecular formula is C33H32O6. The third-order valence-corrected chi connectivity index (χ3v) is 6.02. The average molecular weight is 525 g/mol. The van der Waals surface area contributed by atoms with Crippen LogP contribution in [0.15, 0.2) is 109 Å². The number of esters is 2. The lowest BCUT2D eigenvalue weighted by Gasteiger charge is -2.13. The van der Waals surface area contributed by atoms with Crippen LogP contribution in [0.4, 0.5) is 0 Å². The van der Waals surface area contributed by atoms with E-state index in [2.05, 4.69) is 0 Å². The molecule has 4 rings (SSSR count). The first-order valence-corrected chi connectivity index (χ1v) is 12.9. The molecule has 1 atom stereocenters. The molecule has 0 aliphatic heterocycles. The van der Waals surface area contributed by atoms with Crippen LogP contribution >= 0.6 is 0 Å². The summed E-state index contributed by atoms with van der Waals surface area (Å²) < 4.78 is 22.3. The van der Waals surface area contributed by atoms with Gasteiger partial charge in [-0.2, -0.15) is 0 Å². The zero-order valence-corrected chi connectivity index (χ0v) is 22.0. The molecular weight excluding hydrogens is 492 g/mol. The maximum Gasteiger partial charge on any atom is 0.338 e. The van der Waals surface area contributed by atoms with Gasteiger partial charge in [-0.15, -0.1) is 0 Å². The van der Waals surface area contributed by atoms with Crippen LogP contribution < -0.4 is 9.47 Å². The summed E-state index contributed by atoms with van der Waals surface area (Å²) in [6, 6.07) is 33.5. The van der Waals surface area contributed by atoms with Gasteiger partial charge in [0.2, 0.25) is 0 Å². The van der Waals surface area contributed by atoms with E-state index in [4.69, 9.17) is 18.9 Å². The molecule has 0 saturated carbocycles. The molecule has 200 valence electrons. The minimum absolute atomic E-state index is 0.0315. The van der Waals surface area contributed by atoms with E-state index in [1.165, 1.54) is 0 Å². The monoisotopic (exact) mass is 524 g/mol. The molecule has 0 bridgehead atoms. The number of benzene rings is 4. The van der Waals surface area contributed by atoms with E-state index in [1.54, 1.807) is 48.5 Å². The second-order valence-electron chi connectivity index (χ2n) is 9.23. The Morgan fingerprint density at radius 1 is 0.590 bits per heavy atom. The highest BCUT2D eigenvalue weighted by Crippen LogP contribution is 2.17. The van der Waals surface area contributed by atoms with Gasteiger partial charge in [-0.05, 0) is 72.0 Å². The molecule has 0 spiro atoms. The lowest BCUT2D eigenvalue weighted by atomic mass is 10.1. The molecule has 0 heterocycles. The molecule has 0 aromatic heterocycles. The van der Waals surface area contributed by atoms with Crippen LogP contribution in [0.2, 0.25) is 0 Å². The van der Waals surface area contributed by atoms with Gasteiger partial charge >= 0.3 is 11.9 Å². The Morgan fingerprint density at radius 2 is 1.03 bits per heavy atom. The Balaban J connectivity index is 1.12. The number of carbonyl (C=O) groups excluding carboxylic acids is 2. The number of hydrogen-bond donors (Lipinski definition) is 0. The third kappa shape index (κ3) is 9.04. The van der Waals surface area contributed by atoms with E-state index in [9.17, 15) is 9.59 Å². The molecule has 0 radical (unpaired) electrons. The molecule has 0 unspecified atom stereocenters. The standard InChI is InChI=1S/C33H32O6/c1-25(22-39-33(35)29-14-18-31(19-15-29)38-24-27-10-6-3-7-11-27)20-21-36-32(34)28-12-16-30(17-13-28)37-23-26-8-4-2-5-9-26/h2-19,25H,20-24H2,1H3/t25-/m1/s1. The molecule has 6 heteroatoms. The van der Waals surface area contributed by atoms with Gasteiger partial charge in [0.1, 0.15) is 24.7 Å². The summed E-state index contributed by atoms with van der Waals surface area (Å²) in [6.45, 7) is 3.33. The van der Waals surface area contributed by atoms with Crippen LogP contribution in [0.5, 0.6) is 11.5 Å². The Kier molecular flexibility index (Phi) is 10.1. The summed E-state index contributed by atoms with van der Waals surface area (Å²) in [5.41, 5.74) is 3.06. The molecule has 0 saturated heterocycles. The van der Waals surface area contributed by atoms with Crippen molar-refractivity contribution in [2.24, 2.45) is 5.92 Å². The van der Waals surface area contributed by atoms with Crippen LogP contribution in [0, 0.1) is 5.92 Å². The summed E-state index contributed by atoms with van der Waals surface area (Å²) >= 11 is 0. The second-order valence-corrected chi connectivity index (χ2v) is 9.23. The smallest absolute Gasteiger partial charge is 0.338 e. The Labute approximate surface area is 229 Å². The highest BCUT2D eigenvalue weighted by Gasteiger charge is 2.12. The van der Waals surface area contributed by atoms with E-state index < -0.39 is 11.9 Å². The molecule has 0 aliphatic rings. The summed E-state index contributed by atoms with van der Waals surface area (Å²) in [7, 11) is 0. The van der Waals surface area contributed by atoms with E-state index >= 15 is 0 Å². The van der Waals surface area contributed by atoms with Crippen LogP contribution in [0.25, 0.3) is 0 Å². The van der Waals surface area contributed by atoms with Crippen molar-refractivity contribution in [2.45, 2.75) is 26.6 Å². The molecule has 39 heavy (non-hydrogen) atoms. The fourth-order valence-electron chi connectivity index (χ4n) is 3.68. The number of rotatable bonds is 13. The molecule has 0 amide bonds. The van der Waals surface area contributed by atoms with Crippen molar-refractivity contribution in [1.82, 2.24) is 0 Å². The first kappa shape index (κ1) is 27.5. The fraction of sp³-hybridized carbons (Fsp3) is 0.212. The van der Waals surface area contributed by atoms with Gasteiger partial charge in [0.15, 0.2) is 0 Å². The van der Waals surface area contributed by atoms with Gasteiger partial charge in [0.05, 0.1) is 24.3 Å². The van der Waals surface area contributed by atoms with Crippen molar-refractivity contribution < 1.29 is 28.5 Å². The van der Waals surface area contributed by atoms with Crippen molar-refractivity contribution >= 4 is 11.9 Å².